The van der Waals surface area contributed by atoms with Crippen molar-refractivity contribution in [3.63, 3.8) is 0 Å². The summed E-state index contributed by atoms with van der Waals surface area (Å²) in [6, 6.07) is 4.97. The Morgan fingerprint density at radius 2 is 2.08 bits per heavy atom. The molecule has 25 heavy (non-hydrogen) atoms. The molecule has 0 bridgehead atoms. The van der Waals surface area contributed by atoms with Gasteiger partial charge in [0.1, 0.15) is 5.60 Å². The van der Waals surface area contributed by atoms with Crippen LogP contribution >= 0.6 is 11.3 Å². The predicted molar refractivity (Wildman–Crippen MR) is 103 cm³/mol. The molecule has 1 unspecified atom stereocenters. The number of likely N-dealkylation sites (tertiary alicyclic amines) is 1. The van der Waals surface area contributed by atoms with Gasteiger partial charge in [-0.05, 0) is 71.4 Å². The summed E-state index contributed by atoms with van der Waals surface area (Å²) in [5.41, 5.74) is -0.393. The highest BCUT2D eigenvalue weighted by Gasteiger charge is 2.49. The lowest BCUT2D eigenvalue weighted by atomic mass is 9.69. The summed E-state index contributed by atoms with van der Waals surface area (Å²) in [6.07, 6.45) is 6.49. The number of hydrogen-bond acceptors (Lipinski definition) is 4. The zero-order chi connectivity index (χ0) is 18.1. The van der Waals surface area contributed by atoms with Crippen LogP contribution in [0.5, 0.6) is 0 Å². The lowest BCUT2D eigenvalue weighted by Crippen LogP contribution is -2.63. The summed E-state index contributed by atoms with van der Waals surface area (Å²) in [4.78, 5) is 17.5. The Morgan fingerprint density at radius 3 is 2.64 bits per heavy atom. The number of carbonyl (C=O) groups excluding carboxylic acids is 1. The van der Waals surface area contributed by atoms with Crippen molar-refractivity contribution in [2.75, 3.05) is 6.54 Å². The van der Waals surface area contributed by atoms with Crippen molar-refractivity contribution >= 4 is 17.4 Å². The molecule has 1 aromatic heterocycles. The van der Waals surface area contributed by atoms with E-state index in [9.17, 15) is 4.79 Å². The van der Waals surface area contributed by atoms with Crippen LogP contribution in [0.4, 0.5) is 4.79 Å². The molecule has 0 aromatic carbocycles. The number of thiophene rings is 1. The molecule has 5 heteroatoms. The number of nitrogens with zero attached hydrogens (tertiary/aromatic N) is 1. The van der Waals surface area contributed by atoms with E-state index in [0.29, 0.717) is 6.04 Å². The van der Waals surface area contributed by atoms with Crippen molar-refractivity contribution in [2.24, 2.45) is 0 Å². The largest absolute Gasteiger partial charge is 0.444 e. The van der Waals surface area contributed by atoms with E-state index in [0.717, 1.165) is 45.2 Å². The highest BCUT2D eigenvalue weighted by atomic mass is 32.1. The summed E-state index contributed by atoms with van der Waals surface area (Å²) in [5, 5.41) is 3.74. The van der Waals surface area contributed by atoms with Gasteiger partial charge in [-0.1, -0.05) is 6.92 Å². The average Bonchev–Trinajstić information content (AvgIpc) is 2.97. The van der Waals surface area contributed by atoms with Crippen LogP contribution in [0.15, 0.2) is 12.1 Å². The Labute approximate surface area is 155 Å². The maximum absolute atomic E-state index is 12.6. The molecule has 2 fully saturated rings. The van der Waals surface area contributed by atoms with Crippen LogP contribution in [-0.4, -0.2) is 34.7 Å². The maximum Gasteiger partial charge on any atom is 0.410 e. The van der Waals surface area contributed by atoms with Crippen molar-refractivity contribution in [3.05, 3.63) is 21.9 Å². The second kappa shape index (κ2) is 7.28. The maximum atomic E-state index is 12.6. The predicted octanol–water partition coefficient (Wildman–Crippen LogP) is 4.72. The molecule has 1 aliphatic heterocycles. The van der Waals surface area contributed by atoms with Crippen LogP contribution in [-0.2, 0) is 17.7 Å². The lowest BCUT2D eigenvalue weighted by molar-refractivity contribution is -0.0494. The van der Waals surface area contributed by atoms with E-state index in [1.54, 1.807) is 0 Å². The molecule has 0 radical (unpaired) electrons. The van der Waals surface area contributed by atoms with Crippen molar-refractivity contribution in [1.29, 1.82) is 0 Å². The van der Waals surface area contributed by atoms with Crippen molar-refractivity contribution in [1.82, 2.24) is 10.2 Å². The highest BCUT2D eigenvalue weighted by molar-refractivity contribution is 7.11. The monoisotopic (exact) mass is 364 g/mol. The molecule has 140 valence electrons. The van der Waals surface area contributed by atoms with Gasteiger partial charge < -0.3 is 15.0 Å². The van der Waals surface area contributed by atoms with Gasteiger partial charge in [-0.2, -0.15) is 0 Å². The number of rotatable bonds is 4. The SMILES string of the molecule is CCc1ccc(CNC2CCN(C(=O)OC(C)(C)C)C3(CCC3)C2)s1. The molecular weight excluding hydrogens is 332 g/mol. The van der Waals surface area contributed by atoms with Crippen molar-refractivity contribution in [2.45, 2.75) is 89.9 Å². The van der Waals surface area contributed by atoms with Gasteiger partial charge in [0.15, 0.2) is 0 Å². The van der Waals surface area contributed by atoms with Gasteiger partial charge >= 0.3 is 6.09 Å². The number of hydrogen-bond donors (Lipinski definition) is 1. The molecule has 1 aromatic rings. The lowest BCUT2D eigenvalue weighted by Gasteiger charge is -2.54. The molecule has 2 heterocycles. The molecule has 4 nitrogen and oxygen atoms in total. The first-order valence-corrected chi connectivity index (χ1v) is 10.4. The molecular formula is C20H32N2O2S. The smallest absolute Gasteiger partial charge is 0.410 e. The molecule has 1 saturated heterocycles. The number of amides is 1. The fraction of sp³-hybridized carbons (Fsp3) is 0.750. The Morgan fingerprint density at radius 1 is 1.36 bits per heavy atom. The zero-order valence-electron chi connectivity index (χ0n) is 16.1. The van der Waals surface area contributed by atoms with Crippen LogP contribution in [0.3, 0.4) is 0 Å². The second-order valence-corrected chi connectivity index (χ2v) is 9.75. The Balaban J connectivity index is 1.57. The number of nitrogens with one attached hydrogen (secondary N) is 1. The minimum atomic E-state index is -0.423. The van der Waals surface area contributed by atoms with Crippen molar-refractivity contribution in [3.8, 4) is 0 Å². The summed E-state index contributed by atoms with van der Waals surface area (Å²) < 4.78 is 5.66. The first-order chi connectivity index (χ1) is 11.8. The fourth-order valence-electron chi connectivity index (χ4n) is 3.98. The van der Waals surface area contributed by atoms with Crippen LogP contribution in [0.2, 0.25) is 0 Å². The van der Waals surface area contributed by atoms with E-state index < -0.39 is 5.60 Å². The zero-order valence-corrected chi connectivity index (χ0v) is 16.9. The molecule has 3 rings (SSSR count). The molecule has 1 N–H and O–H groups in total. The normalized spacial score (nSPS) is 22.7. The third-order valence-corrected chi connectivity index (χ3v) is 6.66. The van der Waals surface area contributed by atoms with E-state index >= 15 is 0 Å². The number of carbonyl (C=O) groups is 1. The van der Waals surface area contributed by atoms with Gasteiger partial charge in [0, 0.05) is 34.4 Å². The third-order valence-electron chi connectivity index (χ3n) is 5.43. The minimum Gasteiger partial charge on any atom is -0.444 e. The summed E-state index contributed by atoms with van der Waals surface area (Å²) in [6.45, 7) is 9.78. The van der Waals surface area contributed by atoms with Gasteiger partial charge in [0.05, 0.1) is 0 Å². The van der Waals surface area contributed by atoms with E-state index in [-0.39, 0.29) is 11.6 Å². The number of aryl methyl sites for hydroxylation is 1. The number of ether oxygens (including phenoxy) is 1. The standard InChI is InChI=1S/C20H32N2O2S/c1-5-16-7-8-17(25-16)14-21-15-9-12-22(18(23)24-19(2,3)4)20(13-15)10-6-11-20/h7-8,15,21H,5-6,9-14H2,1-4H3. The van der Waals surface area contributed by atoms with Crippen LogP contribution in [0, 0.1) is 0 Å². The average molecular weight is 365 g/mol. The molecule has 2 aliphatic rings. The van der Waals surface area contributed by atoms with E-state index in [1.807, 2.05) is 37.0 Å². The first-order valence-electron chi connectivity index (χ1n) is 9.63. The van der Waals surface area contributed by atoms with Gasteiger partial charge in [0.2, 0.25) is 0 Å². The molecule has 1 amide bonds. The Hall–Kier alpha value is -1.07. The molecule has 1 aliphatic carbocycles. The van der Waals surface area contributed by atoms with Crippen LogP contribution in [0.25, 0.3) is 0 Å². The summed E-state index contributed by atoms with van der Waals surface area (Å²) in [5.74, 6) is 0. The van der Waals surface area contributed by atoms with Gasteiger partial charge in [0.25, 0.3) is 0 Å². The van der Waals surface area contributed by atoms with Crippen LogP contribution < -0.4 is 5.32 Å². The van der Waals surface area contributed by atoms with Crippen molar-refractivity contribution < 1.29 is 9.53 Å². The van der Waals surface area contributed by atoms with Crippen LogP contribution in [0.1, 0.15) is 69.6 Å². The molecule has 1 spiro atoms. The number of piperidine rings is 1. The van der Waals surface area contributed by atoms with E-state index in [1.165, 1.54) is 16.2 Å². The summed E-state index contributed by atoms with van der Waals surface area (Å²) >= 11 is 1.91. The molecule has 1 saturated carbocycles. The minimum absolute atomic E-state index is 0.0300. The Kier molecular flexibility index (Phi) is 5.45. The fourth-order valence-corrected chi connectivity index (χ4v) is 4.89. The Bertz CT molecular complexity index is 601. The highest BCUT2D eigenvalue weighted by Crippen LogP contribution is 2.45. The quantitative estimate of drug-likeness (QED) is 0.840. The van der Waals surface area contributed by atoms with E-state index in [4.69, 9.17) is 4.74 Å². The van der Waals surface area contributed by atoms with Gasteiger partial charge in [-0.15, -0.1) is 11.3 Å². The topological polar surface area (TPSA) is 41.6 Å². The van der Waals surface area contributed by atoms with E-state index in [2.05, 4.69) is 24.4 Å². The van der Waals surface area contributed by atoms with Gasteiger partial charge in [-0.25, -0.2) is 4.79 Å². The second-order valence-electron chi connectivity index (χ2n) is 8.50. The first kappa shape index (κ1) is 18.7. The third kappa shape index (κ3) is 4.37. The summed E-state index contributed by atoms with van der Waals surface area (Å²) in [7, 11) is 0. The molecule has 1 atom stereocenters. The van der Waals surface area contributed by atoms with Gasteiger partial charge in [-0.3, -0.25) is 0 Å².